The zero-order valence-corrected chi connectivity index (χ0v) is 13.1. The van der Waals surface area contributed by atoms with E-state index in [0.717, 1.165) is 58.5 Å². The Bertz CT molecular complexity index is 333. The minimum Gasteiger partial charge on any atom is -0.375 e. The van der Waals surface area contributed by atoms with Gasteiger partial charge in [0.1, 0.15) is 5.78 Å². The maximum atomic E-state index is 12.6. The molecule has 0 radical (unpaired) electrons. The van der Waals surface area contributed by atoms with Crippen molar-refractivity contribution in [3.63, 3.8) is 0 Å². The van der Waals surface area contributed by atoms with Crippen LogP contribution in [0.3, 0.4) is 0 Å². The lowest BCUT2D eigenvalue weighted by atomic mass is 9.80. The Kier molecular flexibility index (Phi) is 5.02. The third-order valence-corrected chi connectivity index (χ3v) is 5.93. The van der Waals surface area contributed by atoms with E-state index in [4.69, 9.17) is 4.74 Å². The number of hydrogen-bond donors (Lipinski definition) is 1. The number of carbonyl (C=O) groups is 1. The van der Waals surface area contributed by atoms with E-state index in [9.17, 15) is 4.79 Å². The molecule has 0 aromatic rings. The summed E-state index contributed by atoms with van der Waals surface area (Å²) in [4.78, 5) is 14.9. The van der Waals surface area contributed by atoms with Crippen LogP contribution in [0.5, 0.6) is 0 Å². The summed E-state index contributed by atoms with van der Waals surface area (Å²) >= 11 is 2.02. The van der Waals surface area contributed by atoms with Crippen molar-refractivity contribution in [3.05, 3.63) is 0 Å². The van der Waals surface area contributed by atoms with E-state index < -0.39 is 0 Å². The molecule has 0 saturated carbocycles. The lowest BCUT2D eigenvalue weighted by molar-refractivity contribution is -0.139. The molecule has 3 saturated heterocycles. The number of piperazine rings is 1. The highest BCUT2D eigenvalue weighted by atomic mass is 32.2. The van der Waals surface area contributed by atoms with Gasteiger partial charge in [-0.25, -0.2) is 0 Å². The van der Waals surface area contributed by atoms with Crippen LogP contribution in [0.1, 0.15) is 25.7 Å². The second kappa shape index (κ2) is 6.77. The number of Topliss-reactive ketones (excluding diaryl/α,β-unsaturated/α-hetero) is 1. The van der Waals surface area contributed by atoms with E-state index in [2.05, 4.69) is 10.2 Å². The van der Waals surface area contributed by atoms with Crippen molar-refractivity contribution < 1.29 is 9.53 Å². The molecule has 0 aromatic heterocycles. The summed E-state index contributed by atoms with van der Waals surface area (Å²) in [6.45, 7) is 5.48. The largest absolute Gasteiger partial charge is 0.375 e. The van der Waals surface area contributed by atoms with E-state index in [1.165, 1.54) is 11.5 Å². The molecule has 1 N–H and O–H groups in total. The first-order valence-electron chi connectivity index (χ1n) is 7.95. The molecule has 0 aromatic carbocycles. The van der Waals surface area contributed by atoms with E-state index >= 15 is 0 Å². The van der Waals surface area contributed by atoms with Gasteiger partial charge >= 0.3 is 0 Å². The van der Waals surface area contributed by atoms with Gasteiger partial charge in [0.25, 0.3) is 0 Å². The van der Waals surface area contributed by atoms with Crippen LogP contribution in [0.25, 0.3) is 0 Å². The highest BCUT2D eigenvalue weighted by Gasteiger charge is 2.40. The van der Waals surface area contributed by atoms with E-state index in [0.29, 0.717) is 12.3 Å². The van der Waals surface area contributed by atoms with Gasteiger partial charge < -0.3 is 10.1 Å². The first-order valence-corrected chi connectivity index (χ1v) is 9.10. The second-order valence-corrected chi connectivity index (χ2v) is 7.55. The van der Waals surface area contributed by atoms with Crippen molar-refractivity contribution in [2.75, 3.05) is 50.8 Å². The monoisotopic (exact) mass is 298 g/mol. The topological polar surface area (TPSA) is 41.6 Å². The van der Waals surface area contributed by atoms with Crippen molar-refractivity contribution >= 4 is 17.5 Å². The van der Waals surface area contributed by atoms with Crippen LogP contribution >= 0.6 is 11.8 Å². The predicted molar refractivity (Wildman–Crippen MR) is 82.3 cm³/mol. The van der Waals surface area contributed by atoms with Gasteiger partial charge in [0.05, 0.1) is 12.1 Å². The Hall–Kier alpha value is -0.100. The zero-order valence-electron chi connectivity index (χ0n) is 12.2. The maximum absolute atomic E-state index is 12.6. The first-order chi connectivity index (χ1) is 9.77. The minimum atomic E-state index is 0.0350. The molecule has 114 valence electrons. The Balaban J connectivity index is 1.54. The Labute approximate surface area is 126 Å². The van der Waals surface area contributed by atoms with Crippen LogP contribution in [0.4, 0.5) is 0 Å². The van der Waals surface area contributed by atoms with E-state index in [-0.39, 0.29) is 11.5 Å². The third kappa shape index (κ3) is 3.56. The summed E-state index contributed by atoms with van der Waals surface area (Å²) in [5.74, 6) is 3.08. The van der Waals surface area contributed by atoms with Crippen LogP contribution in [-0.2, 0) is 9.53 Å². The highest BCUT2D eigenvalue weighted by Crippen LogP contribution is 2.39. The molecule has 3 fully saturated rings. The standard InChI is InChI=1S/C15H26N2O2S/c18-14(12-17-6-4-16-5-7-17)13-1-8-19-15(11-13)2-9-20-10-3-15/h13,16H,1-12H2. The molecule has 1 atom stereocenters. The maximum Gasteiger partial charge on any atom is 0.150 e. The van der Waals surface area contributed by atoms with Gasteiger partial charge in [0, 0.05) is 38.7 Å². The van der Waals surface area contributed by atoms with Gasteiger partial charge in [-0.15, -0.1) is 0 Å². The molecular weight excluding hydrogens is 272 g/mol. The number of hydrogen-bond acceptors (Lipinski definition) is 5. The lowest BCUT2D eigenvalue weighted by Gasteiger charge is -2.43. The lowest BCUT2D eigenvalue weighted by Crippen LogP contribution is -2.49. The number of thioether (sulfide) groups is 1. The molecule has 1 unspecified atom stereocenters. The number of nitrogens with one attached hydrogen (secondary N) is 1. The van der Waals surface area contributed by atoms with Gasteiger partial charge in [-0.1, -0.05) is 0 Å². The molecule has 5 heteroatoms. The molecule has 1 spiro atoms. The van der Waals surface area contributed by atoms with Gasteiger partial charge in [-0.3, -0.25) is 9.69 Å². The molecule has 3 rings (SSSR count). The van der Waals surface area contributed by atoms with Gasteiger partial charge in [0.2, 0.25) is 0 Å². The molecule has 0 bridgehead atoms. The van der Waals surface area contributed by atoms with Gasteiger partial charge in [-0.2, -0.15) is 11.8 Å². The summed E-state index contributed by atoms with van der Waals surface area (Å²) in [6.07, 6.45) is 4.17. The number of rotatable bonds is 3. The molecule has 20 heavy (non-hydrogen) atoms. The second-order valence-electron chi connectivity index (χ2n) is 6.33. The number of carbonyl (C=O) groups excluding carboxylic acids is 1. The SMILES string of the molecule is O=C(CN1CCNCC1)C1CCOC2(CCSCC2)C1. The van der Waals surface area contributed by atoms with Gasteiger partial charge in [0.15, 0.2) is 0 Å². The van der Waals surface area contributed by atoms with Crippen molar-refractivity contribution in [1.29, 1.82) is 0 Å². The van der Waals surface area contributed by atoms with Crippen LogP contribution < -0.4 is 5.32 Å². The fourth-order valence-electron chi connectivity index (χ4n) is 3.61. The van der Waals surface area contributed by atoms with Gasteiger partial charge in [-0.05, 0) is 37.2 Å². The number of nitrogens with zero attached hydrogens (tertiary/aromatic N) is 1. The summed E-state index contributed by atoms with van der Waals surface area (Å²) in [5, 5.41) is 3.34. The molecule has 0 aliphatic carbocycles. The van der Waals surface area contributed by atoms with E-state index in [1.54, 1.807) is 0 Å². The molecular formula is C15H26N2O2S. The summed E-state index contributed by atoms with van der Waals surface area (Å²) in [5.41, 5.74) is 0.0350. The molecule has 0 amide bonds. The normalized spacial score (nSPS) is 31.3. The summed E-state index contributed by atoms with van der Waals surface area (Å²) in [7, 11) is 0. The quantitative estimate of drug-likeness (QED) is 0.847. The molecule has 4 nitrogen and oxygen atoms in total. The Morgan fingerprint density at radius 2 is 2.05 bits per heavy atom. The Morgan fingerprint density at radius 3 is 2.80 bits per heavy atom. The van der Waals surface area contributed by atoms with Crippen molar-refractivity contribution in [3.8, 4) is 0 Å². The molecule has 3 aliphatic heterocycles. The average molecular weight is 298 g/mol. The number of ketones is 1. The van der Waals surface area contributed by atoms with Crippen molar-refractivity contribution in [2.45, 2.75) is 31.3 Å². The van der Waals surface area contributed by atoms with Crippen molar-refractivity contribution in [2.24, 2.45) is 5.92 Å². The summed E-state index contributed by atoms with van der Waals surface area (Å²) in [6, 6.07) is 0. The number of ether oxygens (including phenoxy) is 1. The molecule has 3 aliphatic rings. The fourth-order valence-corrected chi connectivity index (χ4v) is 4.85. The molecule has 3 heterocycles. The van der Waals surface area contributed by atoms with E-state index in [1.807, 2.05) is 11.8 Å². The van der Waals surface area contributed by atoms with Crippen LogP contribution in [0.15, 0.2) is 0 Å². The smallest absolute Gasteiger partial charge is 0.150 e. The van der Waals surface area contributed by atoms with Crippen LogP contribution in [0.2, 0.25) is 0 Å². The first kappa shape index (κ1) is 14.8. The predicted octanol–water partition coefficient (Wildman–Crippen LogP) is 1.15. The third-order valence-electron chi connectivity index (χ3n) is 4.94. The van der Waals surface area contributed by atoms with Crippen LogP contribution in [0, 0.1) is 5.92 Å². The summed E-state index contributed by atoms with van der Waals surface area (Å²) < 4.78 is 6.09. The highest BCUT2D eigenvalue weighted by molar-refractivity contribution is 7.99. The zero-order chi connectivity index (χ0) is 13.8. The Morgan fingerprint density at radius 1 is 1.30 bits per heavy atom. The van der Waals surface area contributed by atoms with Crippen LogP contribution in [-0.4, -0.2) is 67.1 Å². The fraction of sp³-hybridized carbons (Fsp3) is 0.933. The minimum absolute atomic E-state index is 0.0350. The average Bonchev–Trinajstić information content (AvgIpc) is 2.49. The van der Waals surface area contributed by atoms with Crippen molar-refractivity contribution in [1.82, 2.24) is 10.2 Å².